The summed E-state index contributed by atoms with van der Waals surface area (Å²) in [7, 11) is 0. The fourth-order valence-corrected chi connectivity index (χ4v) is 2.01. The van der Waals surface area contributed by atoms with E-state index in [4.69, 9.17) is 0 Å². The lowest BCUT2D eigenvalue weighted by Crippen LogP contribution is -2.42. The number of rotatable bonds is 7. The average molecular weight is 321 g/mol. The van der Waals surface area contributed by atoms with Crippen LogP contribution in [0.4, 0.5) is 16.2 Å². The van der Waals surface area contributed by atoms with E-state index in [9.17, 15) is 14.7 Å². The second kappa shape index (κ2) is 8.53. The third kappa shape index (κ3) is 8.21. The lowest BCUT2D eigenvalue weighted by atomic mass is 9.95. The number of carbonyl (C=O) groups is 2. The molecule has 0 saturated carbocycles. The monoisotopic (exact) mass is 321 g/mol. The zero-order valence-corrected chi connectivity index (χ0v) is 14.3. The van der Waals surface area contributed by atoms with E-state index in [1.807, 2.05) is 0 Å². The van der Waals surface area contributed by atoms with Crippen molar-refractivity contribution >= 4 is 23.3 Å². The van der Waals surface area contributed by atoms with Crippen molar-refractivity contribution in [3.8, 4) is 0 Å². The van der Waals surface area contributed by atoms with Crippen LogP contribution in [-0.4, -0.2) is 29.2 Å². The molecule has 0 spiro atoms. The molecule has 3 amide bonds. The second-order valence-corrected chi connectivity index (χ2v) is 6.50. The molecule has 1 atom stereocenters. The number of benzene rings is 1. The van der Waals surface area contributed by atoms with Crippen LogP contribution in [0.5, 0.6) is 0 Å². The third-order valence-corrected chi connectivity index (χ3v) is 3.33. The van der Waals surface area contributed by atoms with Gasteiger partial charge in [0.15, 0.2) is 0 Å². The maximum Gasteiger partial charge on any atom is 0.319 e. The zero-order valence-electron chi connectivity index (χ0n) is 14.3. The summed E-state index contributed by atoms with van der Waals surface area (Å²) in [6.07, 6.45) is 1.53. The maximum absolute atomic E-state index is 11.9. The highest BCUT2D eigenvalue weighted by Gasteiger charge is 2.21. The Kier molecular flexibility index (Phi) is 7.03. The van der Waals surface area contributed by atoms with Crippen molar-refractivity contribution in [2.45, 2.75) is 46.1 Å². The van der Waals surface area contributed by atoms with Crippen molar-refractivity contribution in [3.05, 3.63) is 24.3 Å². The van der Waals surface area contributed by atoms with E-state index in [1.165, 1.54) is 6.92 Å². The number of hydrogen-bond donors (Lipinski definition) is 4. The van der Waals surface area contributed by atoms with Crippen molar-refractivity contribution in [1.82, 2.24) is 5.32 Å². The fourth-order valence-electron chi connectivity index (χ4n) is 2.01. The molecule has 23 heavy (non-hydrogen) atoms. The summed E-state index contributed by atoms with van der Waals surface area (Å²) >= 11 is 0. The van der Waals surface area contributed by atoms with Crippen molar-refractivity contribution in [1.29, 1.82) is 0 Å². The van der Waals surface area contributed by atoms with Crippen LogP contribution in [0.2, 0.25) is 0 Å². The molecule has 0 radical (unpaired) electrons. The van der Waals surface area contributed by atoms with Crippen molar-refractivity contribution in [2.24, 2.45) is 5.92 Å². The number of hydrogen-bond acceptors (Lipinski definition) is 3. The molecule has 0 aliphatic rings. The summed E-state index contributed by atoms with van der Waals surface area (Å²) in [5.74, 6) is 0.333. The number of aliphatic hydroxyl groups is 1. The molecule has 0 aromatic heterocycles. The normalized spacial score (nSPS) is 13.3. The first-order valence-electron chi connectivity index (χ1n) is 7.83. The van der Waals surface area contributed by atoms with E-state index in [-0.39, 0.29) is 12.5 Å². The topological polar surface area (TPSA) is 90.5 Å². The average Bonchev–Trinajstić information content (AvgIpc) is 2.43. The molecule has 0 aliphatic carbocycles. The Morgan fingerprint density at radius 2 is 1.83 bits per heavy atom. The minimum atomic E-state index is -0.931. The fraction of sp³-hybridized carbons (Fsp3) is 0.529. The van der Waals surface area contributed by atoms with Gasteiger partial charge < -0.3 is 21.1 Å². The first-order chi connectivity index (χ1) is 10.7. The highest BCUT2D eigenvalue weighted by atomic mass is 16.3. The molecule has 0 aliphatic heterocycles. The largest absolute Gasteiger partial charge is 0.388 e. The lowest BCUT2D eigenvalue weighted by Gasteiger charge is -2.24. The standard InChI is InChI=1S/C17H27N3O3/c1-12(2)8-9-17(4,23)11-18-16(22)20-15-7-5-6-14(10-15)19-13(3)21/h5-7,10,12,23H,8-9,11H2,1-4H3,(H,19,21)(H2,18,20,22)/t17-/m0/s1. The molecule has 0 unspecified atom stereocenters. The predicted molar refractivity (Wildman–Crippen MR) is 92.5 cm³/mol. The van der Waals surface area contributed by atoms with Crippen LogP contribution >= 0.6 is 0 Å². The van der Waals surface area contributed by atoms with Gasteiger partial charge in [-0.25, -0.2) is 4.79 Å². The Hall–Kier alpha value is -2.08. The van der Waals surface area contributed by atoms with Crippen LogP contribution in [0, 0.1) is 5.92 Å². The Labute approximate surface area is 137 Å². The highest BCUT2D eigenvalue weighted by molar-refractivity contribution is 5.92. The molecular formula is C17H27N3O3. The number of amides is 3. The van der Waals surface area contributed by atoms with E-state index < -0.39 is 11.6 Å². The Bertz CT molecular complexity index is 542. The van der Waals surface area contributed by atoms with Gasteiger partial charge in [0.25, 0.3) is 0 Å². The minimum Gasteiger partial charge on any atom is -0.388 e. The molecule has 6 nitrogen and oxygen atoms in total. The molecule has 0 heterocycles. The molecule has 0 fully saturated rings. The van der Waals surface area contributed by atoms with Gasteiger partial charge in [0.05, 0.1) is 5.60 Å². The molecule has 128 valence electrons. The first kappa shape index (κ1) is 19.0. The first-order valence-corrected chi connectivity index (χ1v) is 7.83. The van der Waals surface area contributed by atoms with Crippen molar-refractivity contribution in [2.75, 3.05) is 17.2 Å². The zero-order chi connectivity index (χ0) is 17.5. The summed E-state index contributed by atoms with van der Waals surface area (Å²) in [6, 6.07) is 6.47. The molecule has 4 N–H and O–H groups in total. The minimum absolute atomic E-state index is 0.173. The third-order valence-electron chi connectivity index (χ3n) is 3.33. The molecule has 1 aromatic carbocycles. The van der Waals surface area contributed by atoms with Gasteiger partial charge in [-0.2, -0.15) is 0 Å². The summed E-state index contributed by atoms with van der Waals surface area (Å²) in [6.45, 7) is 7.51. The predicted octanol–water partition coefficient (Wildman–Crippen LogP) is 2.95. The molecule has 1 rings (SSSR count). The molecule has 1 aromatic rings. The molecule has 0 saturated heterocycles. The van der Waals surface area contributed by atoms with Crippen LogP contribution in [0.15, 0.2) is 24.3 Å². The van der Waals surface area contributed by atoms with Gasteiger partial charge in [-0.15, -0.1) is 0 Å². The number of nitrogens with one attached hydrogen (secondary N) is 3. The maximum atomic E-state index is 11.9. The van der Waals surface area contributed by atoms with Crippen LogP contribution < -0.4 is 16.0 Å². The van der Waals surface area contributed by atoms with Gasteiger partial charge in [-0.05, 0) is 43.9 Å². The summed E-state index contributed by atoms with van der Waals surface area (Å²) in [5, 5.41) is 18.2. The van der Waals surface area contributed by atoms with Gasteiger partial charge >= 0.3 is 6.03 Å². The summed E-state index contributed by atoms with van der Waals surface area (Å²) in [5.41, 5.74) is 0.245. The molecule has 6 heteroatoms. The second-order valence-electron chi connectivity index (χ2n) is 6.50. The summed E-state index contributed by atoms with van der Waals surface area (Å²) < 4.78 is 0. The van der Waals surface area contributed by atoms with Crippen molar-refractivity contribution in [3.63, 3.8) is 0 Å². The van der Waals surface area contributed by atoms with Gasteiger partial charge in [0.1, 0.15) is 0 Å². The smallest absolute Gasteiger partial charge is 0.319 e. The number of urea groups is 1. The Morgan fingerprint density at radius 3 is 2.39 bits per heavy atom. The SMILES string of the molecule is CC(=O)Nc1cccc(NC(=O)NC[C@@](C)(O)CCC(C)C)c1. The van der Waals surface area contributed by atoms with Crippen molar-refractivity contribution < 1.29 is 14.7 Å². The molecule has 0 bridgehead atoms. The Morgan fingerprint density at radius 1 is 1.22 bits per heavy atom. The van der Waals surface area contributed by atoms with Gasteiger partial charge in [-0.3, -0.25) is 4.79 Å². The van der Waals surface area contributed by atoms with E-state index in [0.29, 0.717) is 23.7 Å². The quantitative estimate of drug-likeness (QED) is 0.622. The van der Waals surface area contributed by atoms with Crippen LogP contribution in [-0.2, 0) is 4.79 Å². The number of carbonyl (C=O) groups excluding carboxylic acids is 2. The van der Waals surface area contributed by atoms with Gasteiger partial charge in [0, 0.05) is 24.8 Å². The van der Waals surface area contributed by atoms with Crippen LogP contribution in [0.3, 0.4) is 0 Å². The molecular weight excluding hydrogens is 294 g/mol. The van der Waals surface area contributed by atoms with Crippen LogP contribution in [0.25, 0.3) is 0 Å². The lowest BCUT2D eigenvalue weighted by molar-refractivity contribution is -0.114. The van der Waals surface area contributed by atoms with E-state index >= 15 is 0 Å². The highest BCUT2D eigenvalue weighted by Crippen LogP contribution is 2.16. The Balaban J connectivity index is 2.49. The van der Waals surface area contributed by atoms with Crippen LogP contribution in [0.1, 0.15) is 40.5 Å². The van der Waals surface area contributed by atoms with E-state index in [2.05, 4.69) is 29.8 Å². The van der Waals surface area contributed by atoms with Gasteiger partial charge in [0.2, 0.25) is 5.91 Å². The van der Waals surface area contributed by atoms with Gasteiger partial charge in [-0.1, -0.05) is 19.9 Å². The summed E-state index contributed by atoms with van der Waals surface area (Å²) in [4.78, 5) is 22.9. The number of anilines is 2. The van der Waals surface area contributed by atoms with E-state index in [0.717, 1.165) is 6.42 Å². The van der Waals surface area contributed by atoms with E-state index in [1.54, 1.807) is 31.2 Å².